The average molecular weight is 516 g/mol. The van der Waals surface area contributed by atoms with Crippen molar-refractivity contribution >= 4 is 40.0 Å². The quantitative estimate of drug-likeness (QED) is 0.300. The van der Waals surface area contributed by atoms with Crippen molar-refractivity contribution in [2.75, 3.05) is 13.1 Å². The van der Waals surface area contributed by atoms with Gasteiger partial charge in [0.15, 0.2) is 5.96 Å². The first-order valence-corrected chi connectivity index (χ1v) is 10.5. The van der Waals surface area contributed by atoms with Gasteiger partial charge in [-0.25, -0.2) is 18.5 Å². The van der Waals surface area contributed by atoms with Gasteiger partial charge in [0.25, 0.3) is 0 Å². The van der Waals surface area contributed by atoms with E-state index in [0.717, 1.165) is 12.1 Å². The highest BCUT2D eigenvalue weighted by atomic mass is 127. The number of primary sulfonamides is 1. The molecule has 0 saturated carbocycles. The van der Waals surface area contributed by atoms with E-state index >= 15 is 0 Å². The summed E-state index contributed by atoms with van der Waals surface area (Å²) in [4.78, 5) is 4.66. The van der Waals surface area contributed by atoms with Gasteiger partial charge in [-0.05, 0) is 30.2 Å². The Bertz CT molecular complexity index is 884. The molecule has 0 bridgehead atoms. The molecule has 8 heteroatoms. The lowest BCUT2D eigenvalue weighted by Gasteiger charge is -2.26. The van der Waals surface area contributed by atoms with E-state index in [1.165, 1.54) is 11.6 Å². The average Bonchev–Trinajstić information content (AvgIpc) is 2.64. The second-order valence-electron chi connectivity index (χ2n) is 6.99. The van der Waals surface area contributed by atoms with E-state index in [1.54, 1.807) is 12.1 Å². The van der Waals surface area contributed by atoms with Crippen LogP contribution >= 0.6 is 24.0 Å². The molecule has 0 heterocycles. The second-order valence-corrected chi connectivity index (χ2v) is 8.55. The monoisotopic (exact) mass is 516 g/mol. The molecule has 0 saturated heterocycles. The molecule has 28 heavy (non-hydrogen) atoms. The molecular formula is C20H29IN4O2S. The zero-order valence-corrected chi connectivity index (χ0v) is 19.6. The van der Waals surface area contributed by atoms with Crippen LogP contribution in [0.25, 0.3) is 0 Å². The highest BCUT2D eigenvalue weighted by Crippen LogP contribution is 2.21. The number of nitrogens with one attached hydrogen (secondary N) is 2. The first-order valence-electron chi connectivity index (χ1n) is 8.92. The Morgan fingerprint density at radius 3 is 2.36 bits per heavy atom. The summed E-state index contributed by atoms with van der Waals surface area (Å²) in [6, 6.07) is 16.8. The van der Waals surface area contributed by atoms with Gasteiger partial charge >= 0.3 is 0 Å². The molecule has 0 atom stereocenters. The van der Waals surface area contributed by atoms with Gasteiger partial charge in [-0.1, -0.05) is 56.3 Å². The Hall–Kier alpha value is -1.65. The molecule has 154 valence electrons. The number of halogens is 1. The Kier molecular flexibility index (Phi) is 9.38. The summed E-state index contributed by atoms with van der Waals surface area (Å²) in [6.07, 6.45) is 0. The lowest BCUT2D eigenvalue weighted by atomic mass is 9.85. The summed E-state index contributed by atoms with van der Waals surface area (Å²) in [5.41, 5.74) is 1.96. The number of guanidine groups is 1. The third-order valence-electron chi connectivity index (χ3n) is 4.24. The number of benzene rings is 2. The minimum atomic E-state index is -3.71. The minimum Gasteiger partial charge on any atom is -0.357 e. The largest absolute Gasteiger partial charge is 0.357 e. The molecule has 4 N–H and O–H groups in total. The fraction of sp³-hybridized carbons (Fsp3) is 0.350. The van der Waals surface area contributed by atoms with Gasteiger partial charge in [0, 0.05) is 18.5 Å². The molecule has 0 unspecified atom stereocenters. The minimum absolute atomic E-state index is 0. The summed E-state index contributed by atoms with van der Waals surface area (Å²) in [6.45, 7) is 8.14. The van der Waals surface area contributed by atoms with Crippen LogP contribution in [0.2, 0.25) is 0 Å². The van der Waals surface area contributed by atoms with E-state index < -0.39 is 10.0 Å². The normalized spacial score (nSPS) is 12.2. The number of nitrogens with zero attached hydrogens (tertiary/aromatic N) is 1. The van der Waals surface area contributed by atoms with Crippen LogP contribution in [0.4, 0.5) is 0 Å². The molecule has 0 spiro atoms. The summed E-state index contributed by atoms with van der Waals surface area (Å²) in [7, 11) is -3.71. The SMILES string of the molecule is CCNC(=NCc1cccc(S(N)(=O)=O)c1)NCC(C)(C)c1ccccc1.I. The van der Waals surface area contributed by atoms with Gasteiger partial charge in [-0.15, -0.1) is 24.0 Å². The Morgan fingerprint density at radius 2 is 1.75 bits per heavy atom. The van der Waals surface area contributed by atoms with E-state index in [4.69, 9.17) is 5.14 Å². The first kappa shape index (κ1) is 24.4. The van der Waals surface area contributed by atoms with Crippen LogP contribution in [0.5, 0.6) is 0 Å². The van der Waals surface area contributed by atoms with Crippen LogP contribution in [0.3, 0.4) is 0 Å². The van der Waals surface area contributed by atoms with Crippen LogP contribution in [-0.4, -0.2) is 27.5 Å². The smallest absolute Gasteiger partial charge is 0.238 e. The Balaban J connectivity index is 0.00000392. The highest BCUT2D eigenvalue weighted by Gasteiger charge is 2.20. The fourth-order valence-electron chi connectivity index (χ4n) is 2.63. The number of aliphatic imine (C=N–C) groups is 1. The maximum absolute atomic E-state index is 11.5. The van der Waals surface area contributed by atoms with Gasteiger partial charge in [-0.2, -0.15) is 0 Å². The lowest BCUT2D eigenvalue weighted by Crippen LogP contribution is -2.43. The summed E-state index contributed by atoms with van der Waals surface area (Å²) in [5, 5.41) is 11.8. The third kappa shape index (κ3) is 7.40. The highest BCUT2D eigenvalue weighted by molar-refractivity contribution is 14.0. The summed E-state index contributed by atoms with van der Waals surface area (Å²) >= 11 is 0. The van der Waals surface area contributed by atoms with E-state index in [1.807, 2.05) is 31.2 Å². The molecule has 0 fully saturated rings. The molecule has 0 radical (unpaired) electrons. The Labute approximate surface area is 185 Å². The van der Waals surface area contributed by atoms with E-state index in [2.05, 4.69) is 41.6 Å². The zero-order valence-electron chi connectivity index (χ0n) is 16.5. The van der Waals surface area contributed by atoms with Gasteiger partial charge in [0.1, 0.15) is 0 Å². The van der Waals surface area contributed by atoms with Crippen molar-refractivity contribution < 1.29 is 8.42 Å². The maximum Gasteiger partial charge on any atom is 0.238 e. The van der Waals surface area contributed by atoms with Gasteiger partial charge in [0.05, 0.1) is 11.4 Å². The van der Waals surface area contributed by atoms with Crippen molar-refractivity contribution in [2.45, 2.75) is 37.6 Å². The van der Waals surface area contributed by atoms with Crippen molar-refractivity contribution in [3.05, 3.63) is 65.7 Å². The van der Waals surface area contributed by atoms with Gasteiger partial charge < -0.3 is 10.6 Å². The van der Waals surface area contributed by atoms with E-state index in [-0.39, 0.29) is 34.3 Å². The van der Waals surface area contributed by atoms with Crippen molar-refractivity contribution in [1.29, 1.82) is 0 Å². The van der Waals surface area contributed by atoms with Crippen LogP contribution in [0.1, 0.15) is 31.9 Å². The second kappa shape index (κ2) is 10.8. The van der Waals surface area contributed by atoms with Crippen LogP contribution in [0.15, 0.2) is 64.5 Å². The molecule has 2 aromatic rings. The van der Waals surface area contributed by atoms with Crippen molar-refractivity contribution in [1.82, 2.24) is 10.6 Å². The maximum atomic E-state index is 11.5. The summed E-state index contributed by atoms with van der Waals surface area (Å²) < 4.78 is 23.0. The molecule has 0 aromatic heterocycles. The predicted octanol–water partition coefficient (Wildman–Crippen LogP) is 2.98. The van der Waals surface area contributed by atoms with Gasteiger partial charge in [-0.3, -0.25) is 0 Å². The molecule has 2 rings (SSSR count). The molecular weight excluding hydrogens is 487 g/mol. The number of sulfonamides is 1. The topological polar surface area (TPSA) is 96.6 Å². The fourth-order valence-corrected chi connectivity index (χ4v) is 3.21. The molecule has 6 nitrogen and oxygen atoms in total. The number of hydrogen-bond donors (Lipinski definition) is 3. The third-order valence-corrected chi connectivity index (χ3v) is 5.15. The van der Waals surface area contributed by atoms with Crippen LogP contribution in [-0.2, 0) is 22.0 Å². The zero-order chi connectivity index (χ0) is 19.9. The number of rotatable bonds is 7. The summed E-state index contributed by atoms with van der Waals surface area (Å²) in [5.74, 6) is 0.683. The van der Waals surface area contributed by atoms with Crippen molar-refractivity contribution in [2.24, 2.45) is 10.1 Å². The van der Waals surface area contributed by atoms with Crippen molar-refractivity contribution in [3.63, 3.8) is 0 Å². The molecule has 0 amide bonds. The molecule has 2 aromatic carbocycles. The molecule has 0 aliphatic carbocycles. The van der Waals surface area contributed by atoms with Crippen LogP contribution < -0.4 is 15.8 Å². The van der Waals surface area contributed by atoms with E-state index in [9.17, 15) is 8.42 Å². The number of hydrogen-bond acceptors (Lipinski definition) is 3. The van der Waals surface area contributed by atoms with Crippen LogP contribution in [0, 0.1) is 0 Å². The first-order chi connectivity index (χ1) is 12.7. The van der Waals surface area contributed by atoms with Gasteiger partial charge in [0.2, 0.25) is 10.0 Å². The Morgan fingerprint density at radius 1 is 1.07 bits per heavy atom. The van der Waals surface area contributed by atoms with E-state index in [0.29, 0.717) is 19.0 Å². The predicted molar refractivity (Wildman–Crippen MR) is 126 cm³/mol. The lowest BCUT2D eigenvalue weighted by molar-refractivity contribution is 0.508. The number of nitrogens with two attached hydrogens (primary N) is 1. The van der Waals surface area contributed by atoms with Crippen molar-refractivity contribution in [3.8, 4) is 0 Å². The molecule has 0 aliphatic rings. The molecule has 0 aliphatic heterocycles. The standard InChI is InChI=1S/C20H28N4O2S.HI/c1-4-22-19(24-15-20(2,3)17-10-6-5-7-11-17)23-14-16-9-8-12-18(13-16)27(21,25)26;/h5-13H,4,14-15H2,1-3H3,(H2,21,25,26)(H2,22,23,24);1H.